The predicted molar refractivity (Wildman–Crippen MR) is 122 cm³/mol. The average Bonchev–Trinajstić information content (AvgIpc) is 3.26. The molecule has 0 aliphatic heterocycles. The first-order chi connectivity index (χ1) is 14.5. The monoisotopic (exact) mass is 449 g/mol. The summed E-state index contributed by atoms with van der Waals surface area (Å²) in [7, 11) is 0. The minimum Gasteiger partial charge on any atom is -0.316 e. The van der Waals surface area contributed by atoms with E-state index in [4.69, 9.17) is 0 Å². The highest BCUT2D eigenvalue weighted by molar-refractivity contribution is 5.85. The van der Waals surface area contributed by atoms with Gasteiger partial charge in [0, 0.05) is 25.0 Å². The Bertz CT molecular complexity index is 1120. The number of nitro groups is 1. The zero-order valence-corrected chi connectivity index (χ0v) is 18.4. The third-order valence-electron chi connectivity index (χ3n) is 5.29. The number of hydrogen-bond acceptors (Lipinski definition) is 5. The number of imidazole rings is 1. The van der Waals surface area contributed by atoms with Gasteiger partial charge in [-0.15, -0.1) is 12.4 Å². The molecule has 168 valence electrons. The molecular formula is C21H28ClN5O4. The fourth-order valence-electron chi connectivity index (χ4n) is 3.68. The molecule has 0 saturated carbocycles. The van der Waals surface area contributed by atoms with Crippen molar-refractivity contribution in [3.8, 4) is 5.69 Å². The molecular weight excluding hydrogens is 422 g/mol. The number of nitro benzene ring substituents is 1. The summed E-state index contributed by atoms with van der Waals surface area (Å²) in [5.41, 5.74) is -0.552. The number of fused-ring (bicyclic) bond motifs is 1. The topological polar surface area (TPSA) is 116 Å². The molecule has 1 aromatic carbocycles. The molecule has 0 spiro atoms. The Morgan fingerprint density at radius 2 is 1.74 bits per heavy atom. The summed E-state index contributed by atoms with van der Waals surface area (Å²) in [6, 6.07) is 2.87. The summed E-state index contributed by atoms with van der Waals surface area (Å²) in [4.78, 5) is 42.1. The van der Waals surface area contributed by atoms with Crippen molar-refractivity contribution in [2.45, 2.75) is 64.8 Å². The Morgan fingerprint density at radius 1 is 1.06 bits per heavy atom. The maximum Gasteiger partial charge on any atom is 0.316 e. The fourth-order valence-corrected chi connectivity index (χ4v) is 3.68. The van der Waals surface area contributed by atoms with E-state index in [1.165, 1.54) is 59.8 Å². The second kappa shape index (κ2) is 11.5. The standard InChI is InChI=1S/C21H27N5O4.ClH/c1-2-3-4-5-6-7-8-9-11-25-17-14-18(24-12-10-22-15-24)19(26(29)30)13-16(17)23-20(27)21(25)28;/h10,12-15H,2-9,11H2,1H3,(H,23,27);1H. The summed E-state index contributed by atoms with van der Waals surface area (Å²) in [6.07, 6.45) is 13.5. The van der Waals surface area contributed by atoms with Crippen molar-refractivity contribution in [1.82, 2.24) is 19.1 Å². The second-order valence-corrected chi connectivity index (χ2v) is 7.47. The van der Waals surface area contributed by atoms with E-state index in [1.807, 2.05) is 0 Å². The number of unbranched alkanes of at least 4 members (excludes halogenated alkanes) is 7. The van der Waals surface area contributed by atoms with E-state index in [0.717, 1.165) is 19.3 Å². The summed E-state index contributed by atoms with van der Waals surface area (Å²) in [6.45, 7) is 2.59. The van der Waals surface area contributed by atoms with E-state index in [2.05, 4.69) is 16.9 Å². The molecule has 0 aliphatic carbocycles. The second-order valence-electron chi connectivity index (χ2n) is 7.47. The van der Waals surface area contributed by atoms with Crippen LogP contribution in [0.1, 0.15) is 58.3 Å². The van der Waals surface area contributed by atoms with Crippen molar-refractivity contribution in [2.75, 3.05) is 0 Å². The Labute approximate surface area is 185 Å². The summed E-state index contributed by atoms with van der Waals surface area (Å²) in [5, 5.41) is 11.5. The Hall–Kier alpha value is -2.94. The lowest BCUT2D eigenvalue weighted by atomic mass is 10.1. The molecule has 2 heterocycles. The molecule has 3 aromatic rings. The van der Waals surface area contributed by atoms with Crippen LogP contribution < -0.4 is 11.1 Å². The number of rotatable bonds is 11. The number of aryl methyl sites for hydroxylation is 1. The lowest BCUT2D eigenvalue weighted by Gasteiger charge is -2.12. The number of halogens is 1. The van der Waals surface area contributed by atoms with E-state index in [0.29, 0.717) is 17.7 Å². The van der Waals surface area contributed by atoms with Gasteiger partial charge in [0.15, 0.2) is 0 Å². The van der Waals surface area contributed by atoms with Gasteiger partial charge < -0.3 is 14.1 Å². The SMILES string of the molecule is CCCCCCCCCCn1c(=O)c(=O)[nH]c2cc([N+](=O)[O-])c(-n3ccnc3)cc21.Cl. The minimum absolute atomic E-state index is 0. The van der Waals surface area contributed by atoms with Gasteiger partial charge in [0.1, 0.15) is 5.69 Å². The number of H-pyrrole nitrogens is 1. The Kier molecular flexibility index (Phi) is 8.99. The first-order valence-electron chi connectivity index (χ1n) is 10.5. The van der Waals surface area contributed by atoms with Crippen molar-refractivity contribution in [3.05, 3.63) is 61.7 Å². The number of nitrogens with zero attached hydrogens (tertiary/aromatic N) is 4. The van der Waals surface area contributed by atoms with Crippen molar-refractivity contribution < 1.29 is 4.92 Å². The number of aromatic nitrogens is 4. The van der Waals surface area contributed by atoms with Gasteiger partial charge in [-0.2, -0.15) is 0 Å². The smallest absolute Gasteiger partial charge is 0.316 e. The molecule has 31 heavy (non-hydrogen) atoms. The van der Waals surface area contributed by atoms with Crippen LogP contribution >= 0.6 is 12.4 Å². The van der Waals surface area contributed by atoms with Gasteiger partial charge in [-0.05, 0) is 12.5 Å². The third kappa shape index (κ3) is 5.81. The van der Waals surface area contributed by atoms with Crippen LogP contribution in [0.15, 0.2) is 40.4 Å². The summed E-state index contributed by atoms with van der Waals surface area (Å²) >= 11 is 0. The summed E-state index contributed by atoms with van der Waals surface area (Å²) < 4.78 is 2.95. The zero-order valence-electron chi connectivity index (χ0n) is 17.6. The van der Waals surface area contributed by atoms with Gasteiger partial charge in [0.2, 0.25) is 0 Å². The quantitative estimate of drug-likeness (QED) is 0.202. The molecule has 0 fully saturated rings. The van der Waals surface area contributed by atoms with Crippen molar-refractivity contribution in [2.24, 2.45) is 0 Å². The highest BCUT2D eigenvalue weighted by Gasteiger charge is 2.19. The minimum atomic E-state index is -0.772. The van der Waals surface area contributed by atoms with E-state index in [1.54, 1.807) is 12.3 Å². The molecule has 0 radical (unpaired) electrons. The highest BCUT2D eigenvalue weighted by atomic mass is 35.5. The van der Waals surface area contributed by atoms with Crippen LogP contribution in [0.25, 0.3) is 16.7 Å². The average molecular weight is 450 g/mol. The van der Waals surface area contributed by atoms with Gasteiger partial charge in [0.25, 0.3) is 5.69 Å². The fraction of sp³-hybridized carbons (Fsp3) is 0.476. The van der Waals surface area contributed by atoms with E-state index < -0.39 is 16.0 Å². The van der Waals surface area contributed by atoms with E-state index in [9.17, 15) is 19.7 Å². The van der Waals surface area contributed by atoms with Gasteiger partial charge in [-0.25, -0.2) is 4.98 Å². The number of benzene rings is 1. The molecule has 0 atom stereocenters. The number of hydrogen-bond donors (Lipinski definition) is 1. The number of aromatic amines is 1. The Morgan fingerprint density at radius 3 is 2.35 bits per heavy atom. The van der Waals surface area contributed by atoms with Gasteiger partial charge >= 0.3 is 11.1 Å². The molecule has 0 bridgehead atoms. The highest BCUT2D eigenvalue weighted by Crippen LogP contribution is 2.27. The molecule has 10 heteroatoms. The van der Waals surface area contributed by atoms with Crippen LogP contribution in [0.4, 0.5) is 5.69 Å². The third-order valence-corrected chi connectivity index (χ3v) is 5.29. The van der Waals surface area contributed by atoms with Crippen LogP contribution in [0.2, 0.25) is 0 Å². The van der Waals surface area contributed by atoms with Crippen LogP contribution in [0.3, 0.4) is 0 Å². The Balaban J connectivity index is 0.00000341. The van der Waals surface area contributed by atoms with E-state index >= 15 is 0 Å². The van der Waals surface area contributed by atoms with E-state index in [-0.39, 0.29) is 23.6 Å². The maximum absolute atomic E-state index is 12.5. The van der Waals surface area contributed by atoms with Crippen molar-refractivity contribution in [3.63, 3.8) is 0 Å². The zero-order chi connectivity index (χ0) is 21.5. The first kappa shape index (κ1) is 24.3. The van der Waals surface area contributed by atoms with Gasteiger partial charge in [0.05, 0.1) is 22.3 Å². The van der Waals surface area contributed by atoms with Crippen molar-refractivity contribution in [1.29, 1.82) is 0 Å². The maximum atomic E-state index is 12.5. The summed E-state index contributed by atoms with van der Waals surface area (Å²) in [5.74, 6) is 0. The van der Waals surface area contributed by atoms with Crippen LogP contribution in [-0.4, -0.2) is 24.0 Å². The molecule has 0 saturated heterocycles. The molecule has 0 aliphatic rings. The van der Waals surface area contributed by atoms with Crippen LogP contribution in [0, 0.1) is 10.1 Å². The molecule has 0 unspecified atom stereocenters. The van der Waals surface area contributed by atoms with Crippen LogP contribution in [-0.2, 0) is 6.54 Å². The van der Waals surface area contributed by atoms with Gasteiger partial charge in [-0.3, -0.25) is 19.7 Å². The van der Waals surface area contributed by atoms with Gasteiger partial charge in [-0.1, -0.05) is 51.9 Å². The molecule has 0 amide bonds. The number of nitrogens with one attached hydrogen (secondary N) is 1. The predicted octanol–water partition coefficient (Wildman–Crippen LogP) is 4.35. The molecule has 1 N–H and O–H groups in total. The molecule has 9 nitrogen and oxygen atoms in total. The molecule has 2 aromatic heterocycles. The molecule has 3 rings (SSSR count). The first-order valence-corrected chi connectivity index (χ1v) is 10.5. The lowest BCUT2D eigenvalue weighted by molar-refractivity contribution is -0.384. The van der Waals surface area contributed by atoms with Crippen LogP contribution in [0.5, 0.6) is 0 Å². The normalized spacial score (nSPS) is 10.9. The lowest BCUT2D eigenvalue weighted by Crippen LogP contribution is -2.36. The largest absolute Gasteiger partial charge is 0.316 e. The van der Waals surface area contributed by atoms with Crippen molar-refractivity contribution >= 4 is 29.1 Å².